The molecule has 7 heteroatoms. The molecule has 7 nitrogen and oxygen atoms in total. The summed E-state index contributed by atoms with van der Waals surface area (Å²) in [6, 6.07) is 12.2. The standard InChI is InChI=1S/C21H30N6O/c1-17-23-19(15-20(24-17)22-9-10-25(2)3)21(28)27-13-11-26(12-14-27)16-18-7-5-4-6-8-18/h4-8,15H,9-14,16H2,1-3H3,(H,22,23,24). The number of carbonyl (C=O) groups is 1. The first-order chi connectivity index (χ1) is 13.5. The molecule has 1 fully saturated rings. The van der Waals surface area contributed by atoms with E-state index in [0.29, 0.717) is 17.3 Å². The molecule has 0 saturated carbocycles. The van der Waals surface area contributed by atoms with Crippen LogP contribution in [0, 0.1) is 6.92 Å². The number of carbonyl (C=O) groups excluding carboxylic acids is 1. The van der Waals surface area contributed by atoms with E-state index in [9.17, 15) is 4.79 Å². The van der Waals surface area contributed by atoms with Gasteiger partial charge >= 0.3 is 0 Å². The van der Waals surface area contributed by atoms with E-state index in [-0.39, 0.29) is 5.91 Å². The molecule has 1 aliphatic heterocycles. The SMILES string of the molecule is Cc1nc(NCCN(C)C)cc(C(=O)N2CCN(Cc3ccccc3)CC2)n1. The maximum Gasteiger partial charge on any atom is 0.272 e. The number of hydrogen-bond donors (Lipinski definition) is 1. The number of hydrogen-bond acceptors (Lipinski definition) is 6. The zero-order valence-electron chi connectivity index (χ0n) is 17.1. The second-order valence-corrected chi connectivity index (χ2v) is 7.47. The van der Waals surface area contributed by atoms with Crippen molar-refractivity contribution in [1.82, 2.24) is 24.7 Å². The van der Waals surface area contributed by atoms with Gasteiger partial charge in [0, 0.05) is 51.9 Å². The first-order valence-electron chi connectivity index (χ1n) is 9.81. The molecular formula is C21H30N6O. The molecule has 28 heavy (non-hydrogen) atoms. The lowest BCUT2D eigenvalue weighted by molar-refractivity contribution is 0.0622. The number of benzene rings is 1. The summed E-state index contributed by atoms with van der Waals surface area (Å²) in [5.41, 5.74) is 1.78. The van der Waals surface area contributed by atoms with Crippen molar-refractivity contribution in [3.63, 3.8) is 0 Å². The van der Waals surface area contributed by atoms with Crippen LogP contribution in [0.3, 0.4) is 0 Å². The van der Waals surface area contributed by atoms with Gasteiger partial charge in [0.25, 0.3) is 5.91 Å². The summed E-state index contributed by atoms with van der Waals surface area (Å²) in [6.07, 6.45) is 0. The maximum absolute atomic E-state index is 12.9. The summed E-state index contributed by atoms with van der Waals surface area (Å²) in [4.78, 5) is 28.1. The number of piperazine rings is 1. The van der Waals surface area contributed by atoms with Crippen LogP contribution in [0.1, 0.15) is 21.9 Å². The number of nitrogens with one attached hydrogen (secondary N) is 1. The fraction of sp³-hybridized carbons (Fsp3) is 0.476. The van der Waals surface area contributed by atoms with Gasteiger partial charge in [-0.2, -0.15) is 0 Å². The van der Waals surface area contributed by atoms with Crippen molar-refractivity contribution in [3.05, 3.63) is 53.5 Å². The summed E-state index contributed by atoms with van der Waals surface area (Å²) in [5, 5.41) is 3.28. The Balaban J connectivity index is 1.56. The molecular weight excluding hydrogens is 352 g/mol. The number of anilines is 1. The molecule has 1 aromatic heterocycles. The van der Waals surface area contributed by atoms with Gasteiger partial charge in [0.15, 0.2) is 0 Å². The molecule has 0 atom stereocenters. The van der Waals surface area contributed by atoms with Crippen molar-refractivity contribution >= 4 is 11.7 Å². The van der Waals surface area contributed by atoms with E-state index in [0.717, 1.165) is 45.8 Å². The van der Waals surface area contributed by atoms with Crippen molar-refractivity contribution in [2.24, 2.45) is 0 Å². The van der Waals surface area contributed by atoms with Gasteiger partial charge in [0.2, 0.25) is 0 Å². The Kier molecular flexibility index (Phi) is 6.95. The lowest BCUT2D eigenvalue weighted by Gasteiger charge is -2.34. The summed E-state index contributed by atoms with van der Waals surface area (Å²) < 4.78 is 0. The number of aryl methyl sites for hydroxylation is 1. The Morgan fingerprint density at radius 3 is 2.50 bits per heavy atom. The zero-order chi connectivity index (χ0) is 19.9. The molecule has 1 aromatic carbocycles. The van der Waals surface area contributed by atoms with Gasteiger partial charge in [-0.3, -0.25) is 9.69 Å². The van der Waals surface area contributed by atoms with E-state index in [1.807, 2.05) is 32.0 Å². The minimum absolute atomic E-state index is 0.0134. The molecule has 2 heterocycles. The van der Waals surface area contributed by atoms with E-state index in [1.54, 1.807) is 6.07 Å². The minimum Gasteiger partial charge on any atom is -0.369 e. The van der Waals surface area contributed by atoms with Crippen LogP contribution in [0.5, 0.6) is 0 Å². The highest BCUT2D eigenvalue weighted by Crippen LogP contribution is 2.13. The van der Waals surface area contributed by atoms with E-state index >= 15 is 0 Å². The van der Waals surface area contributed by atoms with E-state index in [2.05, 4.69) is 49.4 Å². The summed E-state index contributed by atoms with van der Waals surface area (Å²) in [7, 11) is 4.05. The molecule has 0 radical (unpaired) electrons. The maximum atomic E-state index is 12.9. The molecule has 1 amide bonds. The van der Waals surface area contributed by atoms with E-state index in [4.69, 9.17) is 0 Å². The van der Waals surface area contributed by atoms with E-state index in [1.165, 1.54) is 5.56 Å². The van der Waals surface area contributed by atoms with Crippen LogP contribution in [-0.4, -0.2) is 83.9 Å². The fourth-order valence-corrected chi connectivity index (χ4v) is 3.29. The Hall–Kier alpha value is -2.51. The van der Waals surface area contributed by atoms with Crippen LogP contribution in [0.2, 0.25) is 0 Å². The average Bonchev–Trinajstić information content (AvgIpc) is 2.68. The fourth-order valence-electron chi connectivity index (χ4n) is 3.29. The smallest absolute Gasteiger partial charge is 0.272 e. The molecule has 0 bridgehead atoms. The third-order valence-electron chi connectivity index (χ3n) is 4.83. The van der Waals surface area contributed by atoms with Gasteiger partial charge in [-0.25, -0.2) is 9.97 Å². The van der Waals surface area contributed by atoms with Gasteiger partial charge in [0.05, 0.1) is 0 Å². The van der Waals surface area contributed by atoms with Gasteiger partial charge in [-0.15, -0.1) is 0 Å². The minimum atomic E-state index is -0.0134. The highest BCUT2D eigenvalue weighted by atomic mass is 16.2. The van der Waals surface area contributed by atoms with Crippen LogP contribution in [0.25, 0.3) is 0 Å². The van der Waals surface area contributed by atoms with Crippen molar-refractivity contribution in [2.45, 2.75) is 13.5 Å². The lowest BCUT2D eigenvalue weighted by Crippen LogP contribution is -2.48. The molecule has 0 spiro atoms. The molecule has 1 N–H and O–H groups in total. The third-order valence-corrected chi connectivity index (χ3v) is 4.83. The third kappa shape index (κ3) is 5.74. The van der Waals surface area contributed by atoms with Gasteiger partial charge in [-0.1, -0.05) is 30.3 Å². The summed E-state index contributed by atoms with van der Waals surface area (Å²) in [5.74, 6) is 1.31. The Morgan fingerprint density at radius 1 is 1.11 bits per heavy atom. The molecule has 0 aliphatic carbocycles. The second kappa shape index (κ2) is 9.61. The van der Waals surface area contributed by atoms with Crippen LogP contribution < -0.4 is 5.32 Å². The Morgan fingerprint density at radius 2 is 1.82 bits per heavy atom. The summed E-state index contributed by atoms with van der Waals surface area (Å²) in [6.45, 7) is 7.61. The lowest BCUT2D eigenvalue weighted by atomic mass is 10.2. The topological polar surface area (TPSA) is 64.6 Å². The van der Waals surface area contributed by atoms with Crippen LogP contribution in [-0.2, 0) is 6.54 Å². The number of aromatic nitrogens is 2. The predicted molar refractivity (Wildman–Crippen MR) is 111 cm³/mol. The van der Waals surface area contributed by atoms with Crippen molar-refractivity contribution in [1.29, 1.82) is 0 Å². The van der Waals surface area contributed by atoms with Crippen molar-refractivity contribution in [2.75, 3.05) is 58.7 Å². The monoisotopic (exact) mass is 382 g/mol. The molecule has 3 rings (SSSR count). The first-order valence-corrected chi connectivity index (χ1v) is 9.81. The van der Waals surface area contributed by atoms with E-state index < -0.39 is 0 Å². The normalized spacial score (nSPS) is 15.1. The molecule has 2 aromatic rings. The number of likely N-dealkylation sites (N-methyl/N-ethyl adjacent to an activating group) is 1. The summed E-state index contributed by atoms with van der Waals surface area (Å²) >= 11 is 0. The Bertz CT molecular complexity index is 772. The number of rotatable bonds is 7. The highest BCUT2D eigenvalue weighted by Gasteiger charge is 2.23. The molecule has 150 valence electrons. The average molecular weight is 383 g/mol. The highest BCUT2D eigenvalue weighted by molar-refractivity contribution is 5.93. The predicted octanol–water partition coefficient (Wildman–Crippen LogP) is 1.72. The van der Waals surface area contributed by atoms with Gasteiger partial charge < -0.3 is 15.1 Å². The molecule has 1 saturated heterocycles. The first kappa shape index (κ1) is 20.2. The Labute approximate surface area is 167 Å². The molecule has 0 unspecified atom stereocenters. The number of amides is 1. The zero-order valence-corrected chi connectivity index (χ0v) is 17.1. The van der Waals surface area contributed by atoms with Gasteiger partial charge in [-0.05, 0) is 26.6 Å². The second-order valence-electron chi connectivity index (χ2n) is 7.47. The van der Waals surface area contributed by atoms with Crippen LogP contribution >= 0.6 is 0 Å². The molecule has 1 aliphatic rings. The largest absolute Gasteiger partial charge is 0.369 e. The van der Waals surface area contributed by atoms with Crippen molar-refractivity contribution < 1.29 is 4.79 Å². The quantitative estimate of drug-likeness (QED) is 0.787. The van der Waals surface area contributed by atoms with Gasteiger partial charge in [0.1, 0.15) is 17.3 Å². The number of nitrogens with zero attached hydrogens (tertiary/aromatic N) is 5. The van der Waals surface area contributed by atoms with Crippen molar-refractivity contribution in [3.8, 4) is 0 Å². The van der Waals surface area contributed by atoms with Crippen LogP contribution in [0.15, 0.2) is 36.4 Å². The van der Waals surface area contributed by atoms with Crippen LogP contribution in [0.4, 0.5) is 5.82 Å².